The maximum atomic E-state index is 11.5. The van der Waals surface area contributed by atoms with Gasteiger partial charge in [0.2, 0.25) is 10.0 Å². The number of nitrogens with two attached hydrogens (primary N) is 2. The average molecular weight is 296 g/mol. The van der Waals surface area contributed by atoms with E-state index >= 15 is 0 Å². The summed E-state index contributed by atoms with van der Waals surface area (Å²) in [5.74, 6) is 0. The second-order valence-electron chi connectivity index (χ2n) is 5.62. The van der Waals surface area contributed by atoms with E-state index in [1.54, 1.807) is 12.1 Å². The molecule has 0 aromatic heterocycles. The van der Waals surface area contributed by atoms with E-state index in [2.05, 4.69) is 10.2 Å². The quantitative estimate of drug-likeness (QED) is 0.705. The Morgan fingerprint density at radius 1 is 1.25 bits per heavy atom. The van der Waals surface area contributed by atoms with Gasteiger partial charge in [-0.1, -0.05) is 6.07 Å². The van der Waals surface area contributed by atoms with Crippen molar-refractivity contribution in [2.45, 2.75) is 36.2 Å². The van der Waals surface area contributed by atoms with Gasteiger partial charge in [0, 0.05) is 25.2 Å². The highest BCUT2D eigenvalue weighted by Crippen LogP contribution is 2.32. The summed E-state index contributed by atoms with van der Waals surface area (Å²) >= 11 is 0. The van der Waals surface area contributed by atoms with Crippen LogP contribution in [0.25, 0.3) is 0 Å². The van der Waals surface area contributed by atoms with Gasteiger partial charge in [-0.25, -0.2) is 13.6 Å². The molecular formula is C13H20N4O2S. The molecule has 1 aromatic rings. The lowest BCUT2D eigenvalue weighted by Gasteiger charge is -2.18. The van der Waals surface area contributed by atoms with Gasteiger partial charge in [-0.05, 0) is 31.4 Å². The molecule has 0 bridgehead atoms. The van der Waals surface area contributed by atoms with E-state index in [4.69, 9.17) is 10.9 Å². The monoisotopic (exact) mass is 296 g/mol. The summed E-state index contributed by atoms with van der Waals surface area (Å²) in [6, 6.07) is 5.96. The lowest BCUT2D eigenvalue weighted by Crippen LogP contribution is -2.28. The Balaban J connectivity index is 1.75. The highest BCUT2D eigenvalue weighted by atomic mass is 32.2. The second kappa shape index (κ2) is 4.91. The minimum atomic E-state index is -3.78. The van der Waals surface area contributed by atoms with Crippen molar-refractivity contribution in [3.8, 4) is 0 Å². The Morgan fingerprint density at radius 2 is 2.00 bits per heavy atom. The smallest absolute Gasteiger partial charge is 0.240 e. The Kier molecular flexibility index (Phi) is 3.35. The van der Waals surface area contributed by atoms with Crippen LogP contribution < -0.4 is 16.2 Å². The van der Waals surface area contributed by atoms with Crippen molar-refractivity contribution in [1.82, 2.24) is 4.90 Å². The normalized spacial score (nSPS) is 23.9. The van der Waals surface area contributed by atoms with Crippen molar-refractivity contribution in [2.75, 3.05) is 24.1 Å². The molecule has 2 aliphatic rings. The molecule has 1 unspecified atom stereocenters. The fraction of sp³-hybridized carbons (Fsp3) is 0.538. The number of primary sulfonamides is 1. The lowest BCUT2D eigenvalue weighted by atomic mass is 10.2. The number of para-hydroxylation sites is 1. The van der Waals surface area contributed by atoms with Crippen molar-refractivity contribution in [3.63, 3.8) is 0 Å². The summed E-state index contributed by atoms with van der Waals surface area (Å²) in [6.07, 6.45) is 3.65. The molecule has 110 valence electrons. The minimum Gasteiger partial charge on any atom is -0.396 e. The van der Waals surface area contributed by atoms with Crippen molar-refractivity contribution in [2.24, 2.45) is 5.14 Å². The van der Waals surface area contributed by atoms with Gasteiger partial charge in [-0.15, -0.1) is 0 Å². The first-order valence-electron chi connectivity index (χ1n) is 6.87. The van der Waals surface area contributed by atoms with Crippen LogP contribution in [-0.4, -0.2) is 38.5 Å². The summed E-state index contributed by atoms with van der Waals surface area (Å²) in [7, 11) is -3.78. The summed E-state index contributed by atoms with van der Waals surface area (Å²) in [5, 5.41) is 8.51. The number of benzene rings is 1. The summed E-state index contributed by atoms with van der Waals surface area (Å²) in [6.45, 7) is 2.08. The zero-order valence-electron chi connectivity index (χ0n) is 11.2. The standard InChI is InChI=1S/C13H20N4O2S/c14-13-11(2-1-3-12(13)20(15,18)19)16-9-6-7-17(8-9)10-4-5-10/h1-3,9-10,16H,4-8,14H2,(H2,15,18,19). The van der Waals surface area contributed by atoms with Gasteiger partial charge in [-0.2, -0.15) is 0 Å². The highest BCUT2D eigenvalue weighted by Gasteiger charge is 2.34. The van der Waals surface area contributed by atoms with Gasteiger partial charge in [-0.3, -0.25) is 4.90 Å². The van der Waals surface area contributed by atoms with Crippen molar-refractivity contribution in [1.29, 1.82) is 0 Å². The number of nitrogen functional groups attached to an aromatic ring is 1. The van der Waals surface area contributed by atoms with Gasteiger partial charge in [0.25, 0.3) is 0 Å². The maximum absolute atomic E-state index is 11.5. The molecule has 20 heavy (non-hydrogen) atoms. The first-order valence-corrected chi connectivity index (χ1v) is 8.41. The lowest BCUT2D eigenvalue weighted by molar-refractivity contribution is 0.326. The molecule has 1 heterocycles. The first-order chi connectivity index (χ1) is 9.45. The Hall–Kier alpha value is -1.31. The van der Waals surface area contributed by atoms with Crippen LogP contribution in [0.1, 0.15) is 19.3 Å². The first kappa shape index (κ1) is 13.7. The number of sulfonamides is 1. The molecule has 0 amide bonds. The van der Waals surface area contributed by atoms with Crippen LogP contribution in [0.15, 0.2) is 23.1 Å². The van der Waals surface area contributed by atoms with Gasteiger partial charge < -0.3 is 11.1 Å². The molecule has 6 nitrogen and oxygen atoms in total. The van der Waals surface area contributed by atoms with E-state index in [1.807, 2.05) is 0 Å². The Labute approximate surface area is 119 Å². The zero-order valence-corrected chi connectivity index (χ0v) is 12.1. The third-order valence-corrected chi connectivity index (χ3v) is 4.98. The molecule has 1 saturated heterocycles. The van der Waals surface area contributed by atoms with Crippen LogP contribution in [-0.2, 0) is 10.0 Å². The van der Waals surface area contributed by atoms with E-state index in [1.165, 1.54) is 18.9 Å². The SMILES string of the molecule is Nc1c(NC2CCN(C3CC3)C2)cccc1S(N)(=O)=O. The maximum Gasteiger partial charge on any atom is 0.240 e. The molecule has 5 N–H and O–H groups in total. The molecule has 1 aliphatic heterocycles. The number of likely N-dealkylation sites (tertiary alicyclic amines) is 1. The molecule has 1 saturated carbocycles. The van der Waals surface area contributed by atoms with Crippen LogP contribution in [0.5, 0.6) is 0 Å². The van der Waals surface area contributed by atoms with Crippen LogP contribution in [0, 0.1) is 0 Å². The molecule has 1 atom stereocenters. The van der Waals surface area contributed by atoms with E-state index in [0.29, 0.717) is 11.7 Å². The fourth-order valence-electron chi connectivity index (χ4n) is 2.81. The van der Waals surface area contributed by atoms with Crippen LogP contribution in [0.4, 0.5) is 11.4 Å². The number of hydrogen-bond donors (Lipinski definition) is 3. The topological polar surface area (TPSA) is 101 Å². The zero-order chi connectivity index (χ0) is 14.3. The molecule has 2 fully saturated rings. The van der Waals surface area contributed by atoms with Gasteiger partial charge in [0.1, 0.15) is 4.90 Å². The van der Waals surface area contributed by atoms with E-state index in [9.17, 15) is 8.42 Å². The highest BCUT2D eigenvalue weighted by molar-refractivity contribution is 7.89. The largest absolute Gasteiger partial charge is 0.396 e. The summed E-state index contributed by atoms with van der Waals surface area (Å²) in [4.78, 5) is 2.47. The Bertz CT molecular complexity index is 613. The summed E-state index contributed by atoms with van der Waals surface area (Å²) < 4.78 is 22.9. The average Bonchev–Trinajstić information content (AvgIpc) is 3.11. The second-order valence-corrected chi connectivity index (χ2v) is 7.15. The number of anilines is 2. The molecular weight excluding hydrogens is 276 g/mol. The predicted octanol–water partition coefficient (Wildman–Crippen LogP) is 0.565. The molecule has 0 radical (unpaired) electrons. The van der Waals surface area contributed by atoms with Crippen LogP contribution >= 0.6 is 0 Å². The third kappa shape index (κ3) is 2.74. The number of rotatable bonds is 4. The Morgan fingerprint density at radius 3 is 2.65 bits per heavy atom. The van der Waals surface area contributed by atoms with E-state index in [0.717, 1.165) is 25.6 Å². The predicted molar refractivity (Wildman–Crippen MR) is 78.9 cm³/mol. The molecule has 0 spiro atoms. The van der Waals surface area contributed by atoms with Gasteiger partial charge >= 0.3 is 0 Å². The van der Waals surface area contributed by atoms with Crippen LogP contribution in [0.3, 0.4) is 0 Å². The van der Waals surface area contributed by atoms with Gasteiger partial charge in [0.05, 0.1) is 11.4 Å². The number of nitrogens with zero attached hydrogens (tertiary/aromatic N) is 1. The number of hydrogen-bond acceptors (Lipinski definition) is 5. The molecule has 1 aromatic carbocycles. The van der Waals surface area contributed by atoms with Crippen molar-refractivity contribution < 1.29 is 8.42 Å². The minimum absolute atomic E-state index is 0.0143. The van der Waals surface area contributed by atoms with Gasteiger partial charge in [0.15, 0.2) is 0 Å². The number of nitrogens with one attached hydrogen (secondary N) is 1. The van der Waals surface area contributed by atoms with E-state index in [-0.39, 0.29) is 10.6 Å². The van der Waals surface area contributed by atoms with Crippen molar-refractivity contribution >= 4 is 21.4 Å². The summed E-state index contributed by atoms with van der Waals surface area (Å²) in [5.41, 5.74) is 6.78. The van der Waals surface area contributed by atoms with Crippen LogP contribution in [0.2, 0.25) is 0 Å². The molecule has 1 aliphatic carbocycles. The fourth-order valence-corrected chi connectivity index (χ4v) is 3.50. The van der Waals surface area contributed by atoms with Crippen molar-refractivity contribution in [3.05, 3.63) is 18.2 Å². The third-order valence-electron chi connectivity index (χ3n) is 4.02. The molecule has 7 heteroatoms. The van der Waals surface area contributed by atoms with E-state index < -0.39 is 10.0 Å². The molecule has 3 rings (SSSR count).